The van der Waals surface area contributed by atoms with Crippen LogP contribution < -0.4 is 5.32 Å². The van der Waals surface area contributed by atoms with Gasteiger partial charge in [-0.3, -0.25) is 0 Å². The summed E-state index contributed by atoms with van der Waals surface area (Å²) in [6.45, 7) is 5.08. The molecule has 2 aromatic carbocycles. The van der Waals surface area contributed by atoms with Crippen LogP contribution >= 0.6 is 35.6 Å². The molecule has 5 nitrogen and oxygen atoms in total. The molecule has 0 saturated heterocycles. The number of rotatable bonds is 7. The molecule has 1 unspecified atom stereocenters. The largest absolute Gasteiger partial charge is 0.351 e. The highest BCUT2D eigenvalue weighted by Crippen LogP contribution is 2.38. The number of benzene rings is 2. The first-order chi connectivity index (χ1) is 15.5. The number of aromatic nitrogens is 2. The minimum absolute atomic E-state index is 0.177. The zero-order chi connectivity index (χ0) is 22.7. The number of allylic oxidation sites excluding steroid dienone is 1. The number of halogens is 1. The first-order valence-electron chi connectivity index (χ1n) is 10.5. The molecule has 0 spiro atoms. The van der Waals surface area contributed by atoms with Gasteiger partial charge in [-0.25, -0.2) is 0 Å². The molecule has 8 heteroatoms. The van der Waals surface area contributed by atoms with E-state index in [0.29, 0.717) is 21.9 Å². The van der Waals surface area contributed by atoms with Gasteiger partial charge in [0.2, 0.25) is 5.82 Å². The van der Waals surface area contributed by atoms with Gasteiger partial charge in [0.25, 0.3) is 5.89 Å². The van der Waals surface area contributed by atoms with Gasteiger partial charge in [-0.05, 0) is 61.6 Å². The van der Waals surface area contributed by atoms with Gasteiger partial charge in [0, 0.05) is 27.7 Å². The number of unbranched alkanes of at least 4 members (excludes halogenated alkanes) is 1. The van der Waals surface area contributed by atoms with Crippen LogP contribution in [0.25, 0.3) is 17.0 Å². The Balaban J connectivity index is 1.79. The van der Waals surface area contributed by atoms with E-state index in [4.69, 9.17) is 33.3 Å². The summed E-state index contributed by atoms with van der Waals surface area (Å²) in [6.07, 6.45) is 4.19. The normalized spacial score (nSPS) is 16.4. The Bertz CT molecular complexity index is 1140. The average molecular weight is 485 g/mol. The van der Waals surface area contributed by atoms with Crippen LogP contribution in [-0.4, -0.2) is 33.0 Å². The molecule has 0 amide bonds. The highest BCUT2D eigenvalue weighted by atomic mass is 35.5. The minimum Gasteiger partial charge on any atom is -0.351 e. The van der Waals surface area contributed by atoms with Crippen molar-refractivity contribution in [3.8, 4) is 11.4 Å². The minimum atomic E-state index is -0.177. The van der Waals surface area contributed by atoms with E-state index in [2.05, 4.69) is 59.7 Å². The molecule has 1 aromatic heterocycles. The standard InChI is InChI=1S/C24H25ClN4OS2/c1-4-5-13-29-15(2)20(21(26-24(29)31)16-9-11-19(32-3)12-10-16)23-27-22(28-30-23)17-7-6-8-18(25)14-17/h6-12,14,21H,4-5,13H2,1-3H3,(H,26,31). The zero-order valence-electron chi connectivity index (χ0n) is 18.3. The highest BCUT2D eigenvalue weighted by molar-refractivity contribution is 7.98. The lowest BCUT2D eigenvalue weighted by Gasteiger charge is -2.37. The molecule has 0 aliphatic carbocycles. The van der Waals surface area contributed by atoms with Crippen LogP contribution in [0.5, 0.6) is 0 Å². The third kappa shape index (κ3) is 4.70. The van der Waals surface area contributed by atoms with E-state index in [1.165, 1.54) is 4.90 Å². The SMILES string of the molecule is CCCCN1C(=S)NC(c2ccc(SC)cc2)C(c2nc(-c3cccc(Cl)c3)no2)=C1C. The van der Waals surface area contributed by atoms with Gasteiger partial charge in [0.1, 0.15) is 0 Å². The fraction of sp³-hybridized carbons (Fsp3) is 0.292. The molecule has 32 heavy (non-hydrogen) atoms. The van der Waals surface area contributed by atoms with Crippen molar-refractivity contribution in [2.45, 2.75) is 37.6 Å². The summed E-state index contributed by atoms with van der Waals surface area (Å²) >= 11 is 13.6. The number of hydrogen-bond acceptors (Lipinski definition) is 5. The molecule has 1 aliphatic heterocycles. The Hall–Kier alpha value is -2.35. The Labute approximate surface area is 203 Å². The van der Waals surface area contributed by atoms with Crippen LogP contribution in [0.4, 0.5) is 0 Å². The molecule has 1 N–H and O–H groups in total. The Morgan fingerprint density at radius 3 is 2.69 bits per heavy atom. The van der Waals surface area contributed by atoms with E-state index in [1.807, 2.05) is 24.3 Å². The van der Waals surface area contributed by atoms with E-state index in [9.17, 15) is 0 Å². The molecule has 4 rings (SSSR count). The van der Waals surface area contributed by atoms with Gasteiger partial charge in [-0.1, -0.05) is 54.4 Å². The Kier molecular flexibility index (Phi) is 7.18. The fourth-order valence-electron chi connectivity index (χ4n) is 3.77. The monoisotopic (exact) mass is 484 g/mol. The van der Waals surface area contributed by atoms with Gasteiger partial charge in [-0.15, -0.1) is 11.8 Å². The van der Waals surface area contributed by atoms with Crippen molar-refractivity contribution in [3.05, 3.63) is 70.7 Å². The molecular weight excluding hydrogens is 460 g/mol. The van der Waals surface area contributed by atoms with Gasteiger partial charge >= 0.3 is 0 Å². The molecule has 0 saturated carbocycles. The van der Waals surface area contributed by atoms with Crippen LogP contribution in [0.3, 0.4) is 0 Å². The number of thioether (sulfide) groups is 1. The van der Waals surface area contributed by atoms with Crippen LogP contribution in [0.2, 0.25) is 5.02 Å². The van der Waals surface area contributed by atoms with Crippen molar-refractivity contribution in [2.24, 2.45) is 0 Å². The van der Waals surface area contributed by atoms with Gasteiger partial charge in [0.05, 0.1) is 11.6 Å². The summed E-state index contributed by atoms with van der Waals surface area (Å²) in [5.41, 5.74) is 3.88. The molecule has 2 heterocycles. The van der Waals surface area contributed by atoms with E-state index >= 15 is 0 Å². The molecule has 1 aliphatic rings. The second-order valence-corrected chi connectivity index (χ2v) is 9.30. The first kappa shape index (κ1) is 22.8. The lowest BCUT2D eigenvalue weighted by atomic mass is 9.94. The lowest BCUT2D eigenvalue weighted by molar-refractivity contribution is 0.395. The van der Waals surface area contributed by atoms with Crippen molar-refractivity contribution >= 4 is 46.3 Å². The van der Waals surface area contributed by atoms with Gasteiger partial charge in [-0.2, -0.15) is 4.98 Å². The fourth-order valence-corrected chi connectivity index (χ4v) is 4.71. The van der Waals surface area contributed by atoms with Crippen LogP contribution in [0.1, 0.15) is 44.2 Å². The number of nitrogens with one attached hydrogen (secondary N) is 1. The molecule has 0 fully saturated rings. The van der Waals surface area contributed by atoms with E-state index < -0.39 is 0 Å². The third-order valence-corrected chi connectivity index (χ3v) is 6.84. The molecule has 0 radical (unpaired) electrons. The van der Waals surface area contributed by atoms with E-state index in [1.54, 1.807) is 11.8 Å². The smallest absolute Gasteiger partial charge is 0.258 e. The molecule has 166 valence electrons. The lowest BCUT2D eigenvalue weighted by Crippen LogP contribution is -2.46. The predicted octanol–water partition coefficient (Wildman–Crippen LogP) is 6.57. The maximum absolute atomic E-state index is 6.16. The first-order valence-corrected chi connectivity index (χ1v) is 12.6. The summed E-state index contributed by atoms with van der Waals surface area (Å²) in [5, 5.41) is 9.09. The molecule has 0 bridgehead atoms. The van der Waals surface area contributed by atoms with E-state index in [0.717, 1.165) is 41.8 Å². The zero-order valence-corrected chi connectivity index (χ0v) is 20.7. The second kappa shape index (κ2) is 10.1. The number of hydrogen-bond donors (Lipinski definition) is 1. The van der Waals surface area contributed by atoms with Crippen molar-refractivity contribution in [1.29, 1.82) is 0 Å². The topological polar surface area (TPSA) is 54.2 Å². The maximum Gasteiger partial charge on any atom is 0.258 e. The predicted molar refractivity (Wildman–Crippen MR) is 136 cm³/mol. The third-order valence-electron chi connectivity index (χ3n) is 5.52. The maximum atomic E-state index is 6.16. The molecule has 1 atom stereocenters. The summed E-state index contributed by atoms with van der Waals surface area (Å²) < 4.78 is 5.78. The van der Waals surface area contributed by atoms with Crippen LogP contribution in [-0.2, 0) is 0 Å². The van der Waals surface area contributed by atoms with Crippen molar-refractivity contribution < 1.29 is 4.52 Å². The summed E-state index contributed by atoms with van der Waals surface area (Å²) in [5.74, 6) is 0.987. The Morgan fingerprint density at radius 2 is 2.00 bits per heavy atom. The van der Waals surface area contributed by atoms with E-state index in [-0.39, 0.29) is 6.04 Å². The second-order valence-electron chi connectivity index (χ2n) is 7.59. The van der Waals surface area contributed by atoms with Crippen molar-refractivity contribution in [2.75, 3.05) is 12.8 Å². The Morgan fingerprint density at radius 1 is 1.22 bits per heavy atom. The molecule has 3 aromatic rings. The summed E-state index contributed by atoms with van der Waals surface area (Å²) in [7, 11) is 0. The van der Waals surface area contributed by atoms with Crippen molar-refractivity contribution in [3.63, 3.8) is 0 Å². The number of thiocarbonyl (C=S) groups is 1. The van der Waals surface area contributed by atoms with Crippen LogP contribution in [0.15, 0.2) is 63.6 Å². The van der Waals surface area contributed by atoms with Gasteiger partial charge in [0.15, 0.2) is 5.11 Å². The summed E-state index contributed by atoms with van der Waals surface area (Å²) in [4.78, 5) is 8.07. The van der Waals surface area contributed by atoms with Crippen molar-refractivity contribution in [1.82, 2.24) is 20.4 Å². The van der Waals surface area contributed by atoms with Gasteiger partial charge < -0.3 is 14.7 Å². The van der Waals surface area contributed by atoms with Crippen LogP contribution in [0, 0.1) is 0 Å². The quantitative estimate of drug-likeness (QED) is 0.300. The number of nitrogens with zero attached hydrogens (tertiary/aromatic N) is 3. The summed E-state index contributed by atoms with van der Waals surface area (Å²) in [6, 6.07) is 15.7. The average Bonchev–Trinajstić information content (AvgIpc) is 3.28. The molecular formula is C24H25ClN4OS2. The highest BCUT2D eigenvalue weighted by Gasteiger charge is 2.33.